The zero-order chi connectivity index (χ0) is 11.8. The van der Waals surface area contributed by atoms with Crippen LogP contribution in [0.15, 0.2) is 48.5 Å². The Labute approximate surface area is 97.9 Å². The number of nitrogens with one attached hydrogen (secondary N) is 1. The Bertz CT molecular complexity index is 668. The molecule has 0 saturated heterocycles. The second kappa shape index (κ2) is 3.63. The van der Waals surface area contributed by atoms with Gasteiger partial charge in [0.2, 0.25) is 0 Å². The number of H-pyrrole nitrogens is 1. The highest BCUT2D eigenvalue weighted by atomic mass is 19.1. The lowest BCUT2D eigenvalue weighted by molar-refractivity contribution is 0.628. The number of rotatable bonds is 1. The van der Waals surface area contributed by atoms with Crippen molar-refractivity contribution in [2.45, 2.75) is 0 Å². The van der Waals surface area contributed by atoms with Gasteiger partial charge in [0.15, 0.2) is 0 Å². The van der Waals surface area contributed by atoms with Crippen molar-refractivity contribution in [2.75, 3.05) is 5.73 Å². The molecule has 3 N–H and O–H groups in total. The van der Waals surface area contributed by atoms with E-state index in [0.29, 0.717) is 5.69 Å². The van der Waals surface area contributed by atoms with Crippen LogP contribution in [0.1, 0.15) is 0 Å². The molecule has 0 unspecified atom stereocenters. The molecule has 3 heteroatoms. The summed E-state index contributed by atoms with van der Waals surface area (Å²) >= 11 is 0. The van der Waals surface area contributed by atoms with Gasteiger partial charge in [0.25, 0.3) is 0 Å². The smallest absolute Gasteiger partial charge is 0.123 e. The summed E-state index contributed by atoms with van der Waals surface area (Å²) in [6.45, 7) is 0. The highest BCUT2D eigenvalue weighted by molar-refractivity contribution is 5.99. The van der Waals surface area contributed by atoms with E-state index in [-0.39, 0.29) is 5.82 Å². The van der Waals surface area contributed by atoms with Gasteiger partial charge >= 0.3 is 0 Å². The lowest BCUT2D eigenvalue weighted by Gasteiger charge is -1.99. The van der Waals surface area contributed by atoms with Crippen molar-refractivity contribution in [3.8, 4) is 11.3 Å². The van der Waals surface area contributed by atoms with Gasteiger partial charge in [-0.3, -0.25) is 0 Å². The van der Waals surface area contributed by atoms with Gasteiger partial charge in [-0.15, -0.1) is 0 Å². The molecule has 0 radical (unpaired) electrons. The number of fused-ring (bicyclic) bond motifs is 1. The van der Waals surface area contributed by atoms with Crippen LogP contribution in [-0.4, -0.2) is 4.98 Å². The Hall–Kier alpha value is -2.29. The molecule has 1 heterocycles. The minimum absolute atomic E-state index is 0.247. The summed E-state index contributed by atoms with van der Waals surface area (Å²) < 4.78 is 12.9. The van der Waals surface area contributed by atoms with Crippen LogP contribution in [0.25, 0.3) is 22.2 Å². The topological polar surface area (TPSA) is 41.8 Å². The molecule has 0 aliphatic carbocycles. The van der Waals surface area contributed by atoms with E-state index in [2.05, 4.69) is 4.98 Å². The third-order valence-corrected chi connectivity index (χ3v) is 2.88. The first-order valence-electron chi connectivity index (χ1n) is 5.38. The number of benzene rings is 2. The van der Waals surface area contributed by atoms with Crippen LogP contribution in [-0.2, 0) is 0 Å². The summed E-state index contributed by atoms with van der Waals surface area (Å²) in [6.07, 6.45) is 0. The normalized spacial score (nSPS) is 10.9. The molecule has 1 aromatic heterocycles. The molecule has 0 aliphatic rings. The maximum atomic E-state index is 12.9. The number of para-hydroxylation sites is 1. The lowest BCUT2D eigenvalue weighted by Crippen LogP contribution is -1.87. The molecule has 17 heavy (non-hydrogen) atoms. The number of hydrogen-bond acceptors (Lipinski definition) is 1. The number of aromatic nitrogens is 1. The van der Waals surface area contributed by atoms with E-state index in [0.717, 1.165) is 22.2 Å². The van der Waals surface area contributed by atoms with E-state index in [1.807, 2.05) is 24.3 Å². The summed E-state index contributed by atoms with van der Waals surface area (Å²) in [5, 5.41) is 0.992. The first kappa shape index (κ1) is 9.90. The fraction of sp³-hybridized carbons (Fsp3) is 0. The Morgan fingerprint density at radius 2 is 1.65 bits per heavy atom. The molecular formula is C14H11FN2. The molecule has 0 bridgehead atoms. The van der Waals surface area contributed by atoms with Gasteiger partial charge in [0.1, 0.15) is 5.82 Å². The zero-order valence-electron chi connectivity index (χ0n) is 9.07. The highest BCUT2D eigenvalue weighted by Gasteiger charge is 2.09. The van der Waals surface area contributed by atoms with Gasteiger partial charge in [-0.25, -0.2) is 4.39 Å². The summed E-state index contributed by atoms with van der Waals surface area (Å²) in [6, 6.07) is 14.1. The molecule has 0 atom stereocenters. The fourth-order valence-electron chi connectivity index (χ4n) is 2.01. The second-order valence-corrected chi connectivity index (χ2v) is 3.97. The molecule has 0 amide bonds. The molecule has 3 aromatic rings. The molecule has 0 aliphatic heterocycles. The van der Waals surface area contributed by atoms with Crippen molar-refractivity contribution in [3.05, 3.63) is 54.3 Å². The Balaban J connectivity index is 2.24. The molecule has 2 aromatic carbocycles. The quantitative estimate of drug-likeness (QED) is 0.654. The molecule has 0 spiro atoms. The number of nitrogen functional groups attached to an aromatic ring is 1. The number of aromatic amines is 1. The van der Waals surface area contributed by atoms with Crippen LogP contribution >= 0.6 is 0 Å². The summed E-state index contributed by atoms with van der Waals surface area (Å²) in [5.74, 6) is -0.247. The maximum Gasteiger partial charge on any atom is 0.123 e. The fourth-order valence-corrected chi connectivity index (χ4v) is 2.01. The number of hydrogen-bond donors (Lipinski definition) is 2. The van der Waals surface area contributed by atoms with Gasteiger partial charge in [-0.05, 0) is 30.3 Å². The van der Waals surface area contributed by atoms with E-state index in [1.54, 1.807) is 12.1 Å². The third kappa shape index (κ3) is 1.56. The van der Waals surface area contributed by atoms with Crippen LogP contribution in [0.2, 0.25) is 0 Å². The summed E-state index contributed by atoms with van der Waals surface area (Å²) in [5.41, 5.74) is 9.50. The van der Waals surface area contributed by atoms with Crippen LogP contribution in [0.5, 0.6) is 0 Å². The number of nitrogens with two attached hydrogens (primary N) is 1. The van der Waals surface area contributed by atoms with Crippen LogP contribution in [0.3, 0.4) is 0 Å². The number of halogens is 1. The van der Waals surface area contributed by atoms with Gasteiger partial charge in [-0.1, -0.05) is 18.2 Å². The van der Waals surface area contributed by atoms with Crippen molar-refractivity contribution in [1.29, 1.82) is 0 Å². The van der Waals surface area contributed by atoms with Crippen molar-refractivity contribution in [1.82, 2.24) is 4.98 Å². The molecular weight excluding hydrogens is 215 g/mol. The van der Waals surface area contributed by atoms with Crippen molar-refractivity contribution in [2.24, 2.45) is 0 Å². The van der Waals surface area contributed by atoms with Crippen LogP contribution in [0.4, 0.5) is 10.1 Å². The maximum absolute atomic E-state index is 12.9. The van der Waals surface area contributed by atoms with E-state index < -0.39 is 0 Å². The Morgan fingerprint density at radius 3 is 2.35 bits per heavy atom. The lowest BCUT2D eigenvalue weighted by atomic mass is 10.1. The Kier molecular flexibility index (Phi) is 2.11. The molecule has 2 nitrogen and oxygen atoms in total. The Morgan fingerprint density at radius 1 is 0.941 bits per heavy atom. The van der Waals surface area contributed by atoms with Crippen molar-refractivity contribution >= 4 is 16.6 Å². The van der Waals surface area contributed by atoms with Gasteiger partial charge < -0.3 is 10.7 Å². The SMILES string of the molecule is Nc1c(-c2ccc(F)cc2)[nH]c2ccccc12. The van der Waals surface area contributed by atoms with Crippen LogP contribution in [0, 0.1) is 5.82 Å². The van der Waals surface area contributed by atoms with Gasteiger partial charge in [-0.2, -0.15) is 0 Å². The molecule has 84 valence electrons. The summed E-state index contributed by atoms with van der Waals surface area (Å²) in [4.78, 5) is 3.25. The highest BCUT2D eigenvalue weighted by Crippen LogP contribution is 2.32. The predicted octanol–water partition coefficient (Wildman–Crippen LogP) is 3.56. The molecule has 0 saturated carbocycles. The van der Waals surface area contributed by atoms with E-state index in [4.69, 9.17) is 5.73 Å². The van der Waals surface area contributed by atoms with Crippen molar-refractivity contribution < 1.29 is 4.39 Å². The number of anilines is 1. The molecule has 3 rings (SSSR count). The van der Waals surface area contributed by atoms with Gasteiger partial charge in [0, 0.05) is 16.5 Å². The second-order valence-electron chi connectivity index (χ2n) is 3.97. The van der Waals surface area contributed by atoms with Crippen LogP contribution < -0.4 is 5.73 Å². The minimum atomic E-state index is -0.247. The monoisotopic (exact) mass is 226 g/mol. The predicted molar refractivity (Wildman–Crippen MR) is 68.1 cm³/mol. The van der Waals surface area contributed by atoms with Crippen molar-refractivity contribution in [3.63, 3.8) is 0 Å². The molecule has 0 fully saturated rings. The first-order valence-corrected chi connectivity index (χ1v) is 5.38. The minimum Gasteiger partial charge on any atom is -0.396 e. The summed E-state index contributed by atoms with van der Waals surface area (Å²) in [7, 11) is 0. The third-order valence-electron chi connectivity index (χ3n) is 2.88. The first-order chi connectivity index (χ1) is 8.25. The average molecular weight is 226 g/mol. The van der Waals surface area contributed by atoms with E-state index in [9.17, 15) is 4.39 Å². The zero-order valence-corrected chi connectivity index (χ0v) is 9.07. The van der Waals surface area contributed by atoms with Gasteiger partial charge in [0.05, 0.1) is 11.4 Å². The largest absolute Gasteiger partial charge is 0.396 e. The average Bonchev–Trinajstić information content (AvgIpc) is 2.69. The van der Waals surface area contributed by atoms with E-state index >= 15 is 0 Å². The van der Waals surface area contributed by atoms with E-state index in [1.165, 1.54) is 12.1 Å². The standard InChI is InChI=1S/C14H11FN2/c15-10-7-5-9(6-8-10)14-13(16)11-3-1-2-4-12(11)17-14/h1-8,17H,16H2.